The summed E-state index contributed by atoms with van der Waals surface area (Å²) in [7, 11) is 0. The number of non-ortho nitro benzene ring substituents is 1. The van der Waals surface area contributed by atoms with E-state index in [9.17, 15) is 15.4 Å². The number of nitro groups is 1. The third-order valence-corrected chi connectivity index (χ3v) is 4.22. The Bertz CT molecular complexity index is 1080. The van der Waals surface area contributed by atoms with E-state index in [1.54, 1.807) is 25.3 Å². The fourth-order valence-corrected chi connectivity index (χ4v) is 2.53. The molecular formula is C21H17N3O4. The number of aryl methyl sites for hydroxylation is 1. The topological polar surface area (TPSA) is 102 Å². The molecule has 0 saturated heterocycles. The van der Waals surface area contributed by atoms with Gasteiger partial charge in [0.2, 0.25) is 5.88 Å². The standard InChI is InChI=1S/C21H17N3O4/c1-14-15(2)28-21(20(14)11-22)23-12-17-4-3-5-19(10-17)27-13-16-6-8-18(9-7-16)24(25)26/h3-10,12H,13H2,1-2H3. The molecule has 28 heavy (non-hydrogen) atoms. The van der Waals surface area contributed by atoms with E-state index < -0.39 is 4.92 Å². The van der Waals surface area contributed by atoms with Crippen LogP contribution < -0.4 is 4.74 Å². The smallest absolute Gasteiger partial charge is 0.269 e. The van der Waals surface area contributed by atoms with E-state index >= 15 is 0 Å². The third-order valence-electron chi connectivity index (χ3n) is 4.22. The molecule has 0 aliphatic heterocycles. The van der Waals surface area contributed by atoms with Crippen molar-refractivity contribution in [2.24, 2.45) is 4.99 Å². The van der Waals surface area contributed by atoms with Gasteiger partial charge in [-0.2, -0.15) is 5.26 Å². The number of furan rings is 1. The number of hydrogen-bond donors (Lipinski definition) is 0. The second-order valence-electron chi connectivity index (χ2n) is 6.12. The van der Waals surface area contributed by atoms with Crippen LogP contribution in [-0.2, 0) is 6.61 Å². The Morgan fingerprint density at radius 3 is 2.68 bits per heavy atom. The van der Waals surface area contributed by atoms with Crippen LogP contribution in [0.5, 0.6) is 5.75 Å². The van der Waals surface area contributed by atoms with Gasteiger partial charge in [-0.15, -0.1) is 0 Å². The zero-order valence-electron chi connectivity index (χ0n) is 15.4. The molecule has 0 saturated carbocycles. The van der Waals surface area contributed by atoms with Gasteiger partial charge in [0, 0.05) is 23.9 Å². The van der Waals surface area contributed by atoms with Crippen molar-refractivity contribution in [3.05, 3.63) is 86.7 Å². The molecule has 0 fully saturated rings. The highest BCUT2D eigenvalue weighted by Crippen LogP contribution is 2.28. The van der Waals surface area contributed by atoms with Crippen molar-refractivity contribution < 1.29 is 14.1 Å². The van der Waals surface area contributed by atoms with Crippen LogP contribution in [0, 0.1) is 35.3 Å². The monoisotopic (exact) mass is 375 g/mol. The maximum absolute atomic E-state index is 10.7. The van der Waals surface area contributed by atoms with Gasteiger partial charge in [0.05, 0.1) is 4.92 Å². The first kappa shape index (κ1) is 18.9. The first-order valence-corrected chi connectivity index (χ1v) is 8.48. The zero-order chi connectivity index (χ0) is 20.1. The van der Waals surface area contributed by atoms with Gasteiger partial charge in [0.25, 0.3) is 5.69 Å². The Balaban J connectivity index is 1.70. The zero-order valence-corrected chi connectivity index (χ0v) is 15.4. The average Bonchev–Trinajstić information content (AvgIpc) is 2.98. The summed E-state index contributed by atoms with van der Waals surface area (Å²) < 4.78 is 11.3. The molecule has 2 aromatic carbocycles. The number of nitrogens with zero attached hydrogens (tertiary/aromatic N) is 3. The molecule has 1 aromatic heterocycles. The molecule has 3 aromatic rings. The summed E-state index contributed by atoms with van der Waals surface area (Å²) in [6.45, 7) is 3.90. The lowest BCUT2D eigenvalue weighted by Gasteiger charge is -2.06. The van der Waals surface area contributed by atoms with Crippen molar-refractivity contribution in [1.29, 1.82) is 5.26 Å². The number of benzene rings is 2. The average molecular weight is 375 g/mol. The molecule has 0 radical (unpaired) electrons. The first-order valence-electron chi connectivity index (χ1n) is 8.48. The van der Waals surface area contributed by atoms with E-state index in [1.165, 1.54) is 12.1 Å². The van der Waals surface area contributed by atoms with Gasteiger partial charge in [0.1, 0.15) is 29.7 Å². The number of aliphatic imine (C=N–C) groups is 1. The van der Waals surface area contributed by atoms with Crippen LogP contribution >= 0.6 is 0 Å². The predicted octanol–water partition coefficient (Wildman–Crippen LogP) is 5.01. The largest absolute Gasteiger partial charge is 0.489 e. The Hall–Kier alpha value is -3.92. The minimum absolute atomic E-state index is 0.0436. The van der Waals surface area contributed by atoms with Gasteiger partial charge in [-0.3, -0.25) is 10.1 Å². The molecule has 0 bridgehead atoms. The highest BCUT2D eigenvalue weighted by molar-refractivity contribution is 5.82. The van der Waals surface area contributed by atoms with Gasteiger partial charge in [0.15, 0.2) is 0 Å². The lowest BCUT2D eigenvalue weighted by molar-refractivity contribution is -0.384. The Kier molecular flexibility index (Phi) is 5.51. The van der Waals surface area contributed by atoms with Crippen LogP contribution in [0.3, 0.4) is 0 Å². The van der Waals surface area contributed by atoms with Crippen molar-refractivity contribution in [2.75, 3.05) is 0 Å². The Labute approximate surface area is 161 Å². The van der Waals surface area contributed by atoms with Crippen LogP contribution in [0.1, 0.15) is 28.0 Å². The van der Waals surface area contributed by atoms with Crippen molar-refractivity contribution in [2.45, 2.75) is 20.5 Å². The summed E-state index contributed by atoms with van der Waals surface area (Å²) in [6, 6.07) is 15.6. The lowest BCUT2D eigenvalue weighted by atomic mass is 10.2. The van der Waals surface area contributed by atoms with Crippen LogP contribution in [0.15, 0.2) is 57.9 Å². The summed E-state index contributed by atoms with van der Waals surface area (Å²) in [5, 5.41) is 19.9. The fraction of sp³-hybridized carbons (Fsp3) is 0.143. The molecule has 0 N–H and O–H groups in total. The maximum Gasteiger partial charge on any atom is 0.269 e. The molecule has 1 heterocycles. The molecule has 7 heteroatoms. The van der Waals surface area contributed by atoms with Gasteiger partial charge in [-0.05, 0) is 49.2 Å². The highest BCUT2D eigenvalue weighted by Gasteiger charge is 2.12. The van der Waals surface area contributed by atoms with Crippen molar-refractivity contribution in [1.82, 2.24) is 0 Å². The van der Waals surface area contributed by atoms with Crippen molar-refractivity contribution in [3.63, 3.8) is 0 Å². The van der Waals surface area contributed by atoms with Crippen LogP contribution in [0.25, 0.3) is 0 Å². The van der Waals surface area contributed by atoms with Gasteiger partial charge < -0.3 is 9.15 Å². The Morgan fingerprint density at radius 1 is 1.25 bits per heavy atom. The normalized spacial score (nSPS) is 10.8. The molecule has 3 rings (SSSR count). The van der Waals surface area contributed by atoms with E-state index in [0.29, 0.717) is 17.1 Å². The first-order chi connectivity index (χ1) is 13.5. The van der Waals surface area contributed by atoms with Crippen molar-refractivity contribution >= 4 is 17.8 Å². The van der Waals surface area contributed by atoms with Crippen LogP contribution in [0.2, 0.25) is 0 Å². The third kappa shape index (κ3) is 4.24. The Morgan fingerprint density at radius 2 is 2.00 bits per heavy atom. The van der Waals surface area contributed by atoms with E-state index in [4.69, 9.17) is 9.15 Å². The molecule has 140 valence electrons. The molecule has 0 spiro atoms. The summed E-state index contributed by atoms with van der Waals surface area (Å²) in [6.07, 6.45) is 1.61. The van der Waals surface area contributed by atoms with Gasteiger partial charge in [-0.1, -0.05) is 12.1 Å². The summed E-state index contributed by atoms with van der Waals surface area (Å²) in [5.41, 5.74) is 2.87. The van der Waals surface area contributed by atoms with E-state index in [0.717, 1.165) is 16.7 Å². The van der Waals surface area contributed by atoms with Crippen LogP contribution in [0.4, 0.5) is 11.6 Å². The lowest BCUT2D eigenvalue weighted by Crippen LogP contribution is -1.96. The summed E-state index contributed by atoms with van der Waals surface area (Å²) in [5.74, 6) is 1.59. The minimum atomic E-state index is -0.437. The fourth-order valence-electron chi connectivity index (χ4n) is 2.53. The summed E-state index contributed by atoms with van der Waals surface area (Å²) >= 11 is 0. The molecule has 7 nitrogen and oxygen atoms in total. The number of hydrogen-bond acceptors (Lipinski definition) is 6. The SMILES string of the molecule is Cc1oc(N=Cc2cccc(OCc3ccc([N+](=O)[O-])cc3)c2)c(C#N)c1C. The van der Waals surface area contributed by atoms with Crippen LogP contribution in [-0.4, -0.2) is 11.1 Å². The van der Waals surface area contributed by atoms with E-state index in [2.05, 4.69) is 11.1 Å². The van der Waals surface area contributed by atoms with E-state index in [-0.39, 0.29) is 18.2 Å². The maximum atomic E-state index is 10.7. The number of ether oxygens (including phenoxy) is 1. The van der Waals surface area contributed by atoms with Gasteiger partial charge >= 0.3 is 0 Å². The molecular weight excluding hydrogens is 358 g/mol. The number of nitriles is 1. The summed E-state index contributed by atoms with van der Waals surface area (Å²) in [4.78, 5) is 14.5. The minimum Gasteiger partial charge on any atom is -0.489 e. The quantitative estimate of drug-likeness (QED) is 0.342. The second kappa shape index (κ2) is 8.18. The second-order valence-corrected chi connectivity index (χ2v) is 6.12. The predicted molar refractivity (Wildman–Crippen MR) is 104 cm³/mol. The molecule has 0 amide bonds. The molecule has 0 atom stereocenters. The number of nitro benzene ring substituents is 1. The molecule has 0 aliphatic carbocycles. The highest BCUT2D eigenvalue weighted by atomic mass is 16.6. The van der Waals surface area contributed by atoms with E-state index in [1.807, 2.05) is 31.2 Å². The molecule has 0 aliphatic rings. The van der Waals surface area contributed by atoms with Gasteiger partial charge in [-0.25, -0.2) is 4.99 Å². The number of rotatable bonds is 6. The molecule has 0 unspecified atom stereocenters. The van der Waals surface area contributed by atoms with Crippen molar-refractivity contribution in [3.8, 4) is 11.8 Å².